The zero-order valence-corrected chi connectivity index (χ0v) is 7.59. The summed E-state index contributed by atoms with van der Waals surface area (Å²) in [6.07, 6.45) is 0.954. The van der Waals surface area contributed by atoms with Crippen LogP contribution in [-0.2, 0) is 7.05 Å². The maximum absolute atomic E-state index is 10.7. The number of aromatic nitrogens is 1. The summed E-state index contributed by atoms with van der Waals surface area (Å²) in [5.41, 5.74) is -1.81. The van der Waals surface area contributed by atoms with E-state index in [1.54, 1.807) is 0 Å². The van der Waals surface area contributed by atoms with Gasteiger partial charge in [-0.15, -0.1) is 0 Å². The molecule has 0 amide bonds. The molecule has 0 aliphatic rings. The molecule has 0 saturated carbocycles. The van der Waals surface area contributed by atoms with Crippen molar-refractivity contribution in [2.24, 2.45) is 7.05 Å². The Morgan fingerprint density at radius 3 is 1.93 bits per heavy atom. The molecular weight excluding hydrogens is 206 g/mol. The molecule has 0 fully saturated rings. The van der Waals surface area contributed by atoms with E-state index in [1.807, 2.05) is 0 Å². The summed E-state index contributed by atoms with van der Waals surface area (Å²) in [6, 6.07) is 0. The van der Waals surface area contributed by atoms with Gasteiger partial charge in [0.1, 0.15) is 11.3 Å². The van der Waals surface area contributed by atoms with Crippen LogP contribution in [0, 0.1) is 0 Å². The minimum Gasteiger partial charge on any atom is -0.478 e. The molecule has 7 nitrogen and oxygen atoms in total. The highest BCUT2D eigenvalue weighted by atomic mass is 16.4. The van der Waals surface area contributed by atoms with Crippen LogP contribution in [0.5, 0.6) is 0 Å². The van der Waals surface area contributed by atoms with E-state index in [2.05, 4.69) is 0 Å². The average molecular weight is 213 g/mol. The van der Waals surface area contributed by atoms with Gasteiger partial charge in [-0.05, 0) is 0 Å². The Morgan fingerprint density at radius 2 is 1.60 bits per heavy atom. The standard InChI is InChI=1S/C8H7NO6/c1-9-2-3(6(10)11)4(7(12)13)5(9)8(14)15/h2H,1H3,(H,10,11)(H,12,13)(H,14,15). The van der Waals surface area contributed by atoms with Gasteiger partial charge in [0.2, 0.25) is 0 Å². The molecule has 3 N–H and O–H groups in total. The average Bonchev–Trinajstić information content (AvgIpc) is 2.42. The van der Waals surface area contributed by atoms with Gasteiger partial charge in [0, 0.05) is 13.2 Å². The lowest BCUT2D eigenvalue weighted by molar-refractivity contribution is 0.0633. The highest BCUT2D eigenvalue weighted by molar-refractivity contribution is 6.08. The van der Waals surface area contributed by atoms with E-state index in [0.717, 1.165) is 10.8 Å². The van der Waals surface area contributed by atoms with E-state index in [1.165, 1.54) is 7.05 Å². The number of hydrogen-bond acceptors (Lipinski definition) is 3. The van der Waals surface area contributed by atoms with Gasteiger partial charge in [-0.2, -0.15) is 0 Å². The van der Waals surface area contributed by atoms with Gasteiger partial charge >= 0.3 is 17.9 Å². The minimum absolute atomic E-state index is 0.539. The summed E-state index contributed by atoms with van der Waals surface area (Å²) < 4.78 is 0.954. The van der Waals surface area contributed by atoms with Crippen molar-refractivity contribution in [2.45, 2.75) is 0 Å². The van der Waals surface area contributed by atoms with Crippen molar-refractivity contribution in [1.29, 1.82) is 0 Å². The number of hydrogen-bond donors (Lipinski definition) is 3. The maximum atomic E-state index is 10.7. The fourth-order valence-corrected chi connectivity index (χ4v) is 1.26. The second kappa shape index (κ2) is 3.45. The number of rotatable bonds is 3. The Hall–Kier alpha value is -2.31. The first-order chi connectivity index (χ1) is 6.86. The SMILES string of the molecule is Cn1cc(C(=O)O)c(C(=O)O)c1C(=O)O. The number of nitrogens with zero attached hydrogens (tertiary/aromatic N) is 1. The van der Waals surface area contributed by atoms with Crippen LogP contribution in [0.25, 0.3) is 0 Å². The van der Waals surface area contributed by atoms with Gasteiger partial charge in [-0.3, -0.25) is 0 Å². The van der Waals surface area contributed by atoms with E-state index < -0.39 is 34.7 Å². The van der Waals surface area contributed by atoms with Crippen LogP contribution in [0.15, 0.2) is 6.20 Å². The van der Waals surface area contributed by atoms with E-state index in [4.69, 9.17) is 15.3 Å². The summed E-state index contributed by atoms with van der Waals surface area (Å²) >= 11 is 0. The molecule has 0 aliphatic carbocycles. The van der Waals surface area contributed by atoms with Crippen LogP contribution in [0.4, 0.5) is 0 Å². The predicted molar refractivity (Wildman–Crippen MR) is 46.3 cm³/mol. The Balaban J connectivity index is 3.59. The molecule has 1 aromatic heterocycles. The lowest BCUT2D eigenvalue weighted by Gasteiger charge is -1.98. The van der Waals surface area contributed by atoms with Gasteiger partial charge in [-0.25, -0.2) is 14.4 Å². The van der Waals surface area contributed by atoms with Crippen molar-refractivity contribution < 1.29 is 29.7 Å². The van der Waals surface area contributed by atoms with Crippen LogP contribution < -0.4 is 0 Å². The Labute approximate surface area is 83.2 Å². The fraction of sp³-hybridized carbons (Fsp3) is 0.125. The highest BCUT2D eigenvalue weighted by Crippen LogP contribution is 2.17. The number of aromatic carboxylic acids is 3. The zero-order chi connectivity index (χ0) is 11.7. The molecule has 15 heavy (non-hydrogen) atoms. The van der Waals surface area contributed by atoms with E-state index in [9.17, 15) is 14.4 Å². The summed E-state index contributed by atoms with van der Waals surface area (Å²) in [4.78, 5) is 32.1. The molecule has 0 saturated heterocycles. The first-order valence-electron chi connectivity index (χ1n) is 3.75. The van der Waals surface area contributed by atoms with E-state index in [0.29, 0.717) is 0 Å². The molecule has 80 valence electrons. The van der Waals surface area contributed by atoms with Gasteiger partial charge in [0.05, 0.1) is 5.56 Å². The van der Waals surface area contributed by atoms with Crippen LogP contribution >= 0.6 is 0 Å². The summed E-state index contributed by atoms with van der Waals surface area (Å²) in [5.74, 6) is -4.54. The Bertz CT molecular complexity index is 458. The van der Waals surface area contributed by atoms with Gasteiger partial charge in [0.15, 0.2) is 0 Å². The lowest BCUT2D eigenvalue weighted by atomic mass is 10.1. The highest BCUT2D eigenvalue weighted by Gasteiger charge is 2.28. The quantitative estimate of drug-likeness (QED) is 0.656. The van der Waals surface area contributed by atoms with Crippen LogP contribution in [0.2, 0.25) is 0 Å². The maximum Gasteiger partial charge on any atom is 0.353 e. The molecule has 0 atom stereocenters. The summed E-state index contributed by atoms with van der Waals surface area (Å²) in [6.45, 7) is 0. The topological polar surface area (TPSA) is 117 Å². The van der Waals surface area contributed by atoms with Crippen LogP contribution in [0.1, 0.15) is 31.2 Å². The molecule has 0 spiro atoms. The molecule has 0 aromatic carbocycles. The summed E-state index contributed by atoms with van der Waals surface area (Å²) in [5, 5.41) is 26.1. The number of carbonyl (C=O) groups is 3. The molecule has 0 aliphatic heterocycles. The van der Waals surface area contributed by atoms with Crippen molar-refractivity contribution >= 4 is 17.9 Å². The second-order valence-electron chi connectivity index (χ2n) is 2.79. The molecule has 0 unspecified atom stereocenters. The fourth-order valence-electron chi connectivity index (χ4n) is 1.26. The van der Waals surface area contributed by atoms with Crippen LogP contribution in [-0.4, -0.2) is 37.8 Å². The van der Waals surface area contributed by atoms with E-state index in [-0.39, 0.29) is 0 Å². The van der Waals surface area contributed by atoms with Crippen molar-refractivity contribution in [3.05, 3.63) is 23.0 Å². The normalized spacial score (nSPS) is 9.93. The lowest BCUT2D eigenvalue weighted by Crippen LogP contribution is -2.12. The minimum atomic E-state index is -1.58. The molecule has 1 aromatic rings. The first kappa shape index (κ1) is 10.8. The molecule has 0 bridgehead atoms. The number of carboxylic acids is 3. The van der Waals surface area contributed by atoms with Gasteiger partial charge in [-0.1, -0.05) is 0 Å². The Morgan fingerprint density at radius 1 is 1.07 bits per heavy atom. The number of aryl methyl sites for hydroxylation is 1. The van der Waals surface area contributed by atoms with E-state index >= 15 is 0 Å². The molecule has 7 heteroatoms. The Kier molecular flexibility index (Phi) is 2.47. The second-order valence-corrected chi connectivity index (χ2v) is 2.79. The first-order valence-corrected chi connectivity index (χ1v) is 3.75. The monoisotopic (exact) mass is 213 g/mol. The molecule has 0 radical (unpaired) electrons. The van der Waals surface area contributed by atoms with Crippen molar-refractivity contribution in [2.75, 3.05) is 0 Å². The zero-order valence-electron chi connectivity index (χ0n) is 7.59. The van der Waals surface area contributed by atoms with Gasteiger partial charge < -0.3 is 19.9 Å². The van der Waals surface area contributed by atoms with Crippen molar-refractivity contribution in [3.63, 3.8) is 0 Å². The third kappa shape index (κ3) is 1.66. The largest absolute Gasteiger partial charge is 0.478 e. The third-order valence-electron chi connectivity index (χ3n) is 1.83. The smallest absolute Gasteiger partial charge is 0.353 e. The van der Waals surface area contributed by atoms with Crippen LogP contribution in [0.3, 0.4) is 0 Å². The van der Waals surface area contributed by atoms with Crippen molar-refractivity contribution in [3.8, 4) is 0 Å². The molecular formula is C8H7NO6. The van der Waals surface area contributed by atoms with Gasteiger partial charge in [0.25, 0.3) is 0 Å². The number of carboxylic acid groups (broad SMARTS) is 3. The molecule has 1 rings (SSSR count). The predicted octanol–water partition coefficient (Wildman–Crippen LogP) is 0.120. The molecule has 1 heterocycles. The summed E-state index contributed by atoms with van der Waals surface area (Å²) in [7, 11) is 1.27. The van der Waals surface area contributed by atoms with Crippen molar-refractivity contribution in [1.82, 2.24) is 4.57 Å². The third-order valence-corrected chi connectivity index (χ3v) is 1.83.